The van der Waals surface area contributed by atoms with E-state index in [2.05, 4.69) is 5.10 Å². The van der Waals surface area contributed by atoms with E-state index < -0.39 is 29.3 Å². The monoisotopic (exact) mass is 366 g/mol. The first-order chi connectivity index (χ1) is 11.8. The molecule has 2 heterocycles. The Balaban J connectivity index is 2.08. The molecule has 0 bridgehead atoms. The van der Waals surface area contributed by atoms with Crippen molar-refractivity contribution < 1.29 is 27.9 Å². The fourth-order valence-electron chi connectivity index (χ4n) is 2.22. The molecule has 1 N–H and O–H groups in total. The maximum atomic E-state index is 13.3. The molecular formula is C16H9F3N2O3S. The van der Waals surface area contributed by atoms with Crippen molar-refractivity contribution in [3.8, 4) is 0 Å². The average molecular weight is 366 g/mol. The molecule has 5 nitrogen and oxygen atoms in total. The number of amides is 1. The second-order valence-corrected chi connectivity index (χ2v) is 5.97. The van der Waals surface area contributed by atoms with Gasteiger partial charge in [0.15, 0.2) is 5.71 Å². The number of benzene rings is 1. The molecule has 0 radical (unpaired) electrons. The van der Waals surface area contributed by atoms with E-state index in [-0.39, 0.29) is 11.3 Å². The van der Waals surface area contributed by atoms with Gasteiger partial charge in [0.05, 0.1) is 16.8 Å². The topological polar surface area (TPSA) is 70.0 Å². The highest BCUT2D eigenvalue weighted by Crippen LogP contribution is 2.33. The summed E-state index contributed by atoms with van der Waals surface area (Å²) >= 11 is 1.18. The van der Waals surface area contributed by atoms with Gasteiger partial charge in [-0.2, -0.15) is 23.3 Å². The fourth-order valence-corrected chi connectivity index (χ4v) is 2.87. The van der Waals surface area contributed by atoms with Crippen LogP contribution in [-0.4, -0.2) is 28.9 Å². The van der Waals surface area contributed by atoms with Crippen LogP contribution in [0.15, 0.2) is 52.5 Å². The highest BCUT2D eigenvalue weighted by molar-refractivity contribution is 7.10. The molecule has 0 atom stereocenters. The third-order valence-corrected chi connectivity index (χ3v) is 4.13. The number of alkyl halides is 3. The van der Waals surface area contributed by atoms with E-state index in [9.17, 15) is 22.8 Å². The maximum absolute atomic E-state index is 13.3. The Hall–Kier alpha value is -2.94. The van der Waals surface area contributed by atoms with Crippen LogP contribution in [0, 0.1) is 0 Å². The van der Waals surface area contributed by atoms with Gasteiger partial charge in [0.1, 0.15) is 0 Å². The molecule has 1 aromatic heterocycles. The van der Waals surface area contributed by atoms with E-state index >= 15 is 0 Å². The fraction of sp³-hybridized carbons (Fsp3) is 0.0625. The molecule has 3 rings (SSSR count). The number of carbonyl (C=O) groups is 2. The minimum absolute atomic E-state index is 0.0544. The van der Waals surface area contributed by atoms with Crippen LogP contribution in [0.3, 0.4) is 0 Å². The number of halogens is 3. The standard InChI is InChI=1S/C16H9F3N2O3S/c17-16(18,19)13-12(8-11-5-2-6-25-11)14(22)21(20-13)10-4-1-3-9(7-10)15(23)24/h1-8H,(H,23,24)/b12-8+. The van der Waals surface area contributed by atoms with Crippen LogP contribution in [0.1, 0.15) is 15.2 Å². The zero-order valence-corrected chi connectivity index (χ0v) is 13.1. The first kappa shape index (κ1) is 16.9. The van der Waals surface area contributed by atoms with Gasteiger partial charge in [0.25, 0.3) is 5.91 Å². The Kier molecular flexibility index (Phi) is 4.17. The lowest BCUT2D eigenvalue weighted by Crippen LogP contribution is -2.25. The lowest BCUT2D eigenvalue weighted by molar-refractivity contribution is -0.114. The molecule has 2 aromatic rings. The second-order valence-electron chi connectivity index (χ2n) is 4.99. The number of carbonyl (C=O) groups excluding carboxylic acids is 1. The summed E-state index contributed by atoms with van der Waals surface area (Å²) in [7, 11) is 0. The summed E-state index contributed by atoms with van der Waals surface area (Å²) in [6, 6.07) is 8.22. The molecule has 9 heteroatoms. The summed E-state index contributed by atoms with van der Waals surface area (Å²) in [5.41, 5.74) is -2.12. The number of hydrogen-bond donors (Lipinski definition) is 1. The van der Waals surface area contributed by atoms with Gasteiger partial charge in [-0.05, 0) is 35.7 Å². The molecule has 0 spiro atoms. The summed E-state index contributed by atoms with van der Waals surface area (Å²) in [5, 5.41) is 14.6. The molecular weight excluding hydrogens is 357 g/mol. The van der Waals surface area contributed by atoms with Gasteiger partial charge in [-0.1, -0.05) is 12.1 Å². The van der Waals surface area contributed by atoms with Crippen molar-refractivity contribution in [3.05, 3.63) is 57.8 Å². The van der Waals surface area contributed by atoms with Gasteiger partial charge in [0.2, 0.25) is 0 Å². The highest BCUT2D eigenvalue weighted by Gasteiger charge is 2.46. The summed E-state index contributed by atoms with van der Waals surface area (Å²) in [4.78, 5) is 24.0. The first-order valence-electron chi connectivity index (χ1n) is 6.86. The third kappa shape index (κ3) is 3.31. The molecule has 128 valence electrons. The number of carboxylic acid groups (broad SMARTS) is 1. The molecule has 0 fully saturated rings. The lowest BCUT2D eigenvalue weighted by Gasteiger charge is -2.11. The summed E-state index contributed by atoms with van der Waals surface area (Å²) in [6.45, 7) is 0. The summed E-state index contributed by atoms with van der Waals surface area (Å²) in [6.07, 6.45) is -3.70. The molecule has 0 unspecified atom stereocenters. The number of hydrogen-bond acceptors (Lipinski definition) is 4. The SMILES string of the molecule is O=C(O)c1cccc(N2N=C(C(F)(F)F)/C(=C\c3cccs3)C2=O)c1. The first-order valence-corrected chi connectivity index (χ1v) is 7.74. The van der Waals surface area contributed by atoms with E-state index in [0.717, 1.165) is 12.1 Å². The van der Waals surface area contributed by atoms with E-state index in [1.165, 1.54) is 29.5 Å². The van der Waals surface area contributed by atoms with Crippen molar-refractivity contribution >= 4 is 40.7 Å². The Bertz CT molecular complexity index is 902. The smallest absolute Gasteiger partial charge is 0.435 e. The molecule has 0 saturated heterocycles. The number of hydrazone groups is 1. The summed E-state index contributed by atoms with van der Waals surface area (Å²) in [5.74, 6) is -2.23. The van der Waals surface area contributed by atoms with Crippen molar-refractivity contribution in [1.82, 2.24) is 0 Å². The Morgan fingerprint density at radius 2 is 2.00 bits per heavy atom. The van der Waals surface area contributed by atoms with Crippen LogP contribution in [0.5, 0.6) is 0 Å². The number of aromatic carboxylic acids is 1. The van der Waals surface area contributed by atoms with Crippen LogP contribution in [0.25, 0.3) is 6.08 Å². The van der Waals surface area contributed by atoms with E-state index in [1.54, 1.807) is 17.5 Å². The number of anilines is 1. The second kappa shape index (κ2) is 6.17. The number of carboxylic acids is 1. The van der Waals surface area contributed by atoms with Crippen LogP contribution in [-0.2, 0) is 4.79 Å². The normalized spacial score (nSPS) is 16.4. The van der Waals surface area contributed by atoms with Gasteiger partial charge >= 0.3 is 12.1 Å². The lowest BCUT2D eigenvalue weighted by atomic mass is 10.1. The number of rotatable bonds is 3. The van der Waals surface area contributed by atoms with Gasteiger partial charge in [-0.3, -0.25) is 4.79 Å². The van der Waals surface area contributed by atoms with Crippen molar-refractivity contribution in [3.63, 3.8) is 0 Å². The molecule has 25 heavy (non-hydrogen) atoms. The van der Waals surface area contributed by atoms with Crippen molar-refractivity contribution in [2.24, 2.45) is 5.10 Å². The van der Waals surface area contributed by atoms with E-state index in [1.807, 2.05) is 0 Å². The van der Waals surface area contributed by atoms with Gasteiger partial charge in [-0.15, -0.1) is 11.3 Å². The minimum atomic E-state index is -4.82. The molecule has 0 saturated carbocycles. The van der Waals surface area contributed by atoms with Crippen molar-refractivity contribution in [1.29, 1.82) is 0 Å². The van der Waals surface area contributed by atoms with Gasteiger partial charge in [0, 0.05) is 4.88 Å². The molecule has 1 aromatic carbocycles. The van der Waals surface area contributed by atoms with Crippen LogP contribution in [0.4, 0.5) is 18.9 Å². The molecule has 0 aliphatic carbocycles. The van der Waals surface area contributed by atoms with Crippen molar-refractivity contribution in [2.45, 2.75) is 6.18 Å². The minimum Gasteiger partial charge on any atom is -0.478 e. The molecule has 1 amide bonds. The number of thiophene rings is 1. The Labute approximate surface area is 143 Å². The Morgan fingerprint density at radius 1 is 1.24 bits per heavy atom. The maximum Gasteiger partial charge on any atom is 0.435 e. The van der Waals surface area contributed by atoms with Gasteiger partial charge in [-0.25, -0.2) is 4.79 Å². The van der Waals surface area contributed by atoms with Crippen LogP contribution >= 0.6 is 11.3 Å². The molecule has 1 aliphatic rings. The largest absolute Gasteiger partial charge is 0.478 e. The van der Waals surface area contributed by atoms with Crippen LogP contribution in [0.2, 0.25) is 0 Å². The van der Waals surface area contributed by atoms with E-state index in [0.29, 0.717) is 9.89 Å². The van der Waals surface area contributed by atoms with Crippen LogP contribution < -0.4 is 5.01 Å². The third-order valence-electron chi connectivity index (χ3n) is 3.31. The average Bonchev–Trinajstić information content (AvgIpc) is 3.16. The predicted molar refractivity (Wildman–Crippen MR) is 86.7 cm³/mol. The summed E-state index contributed by atoms with van der Waals surface area (Å²) < 4.78 is 39.8. The number of nitrogens with zero attached hydrogens (tertiary/aromatic N) is 2. The zero-order valence-electron chi connectivity index (χ0n) is 12.3. The molecule has 1 aliphatic heterocycles. The van der Waals surface area contributed by atoms with Crippen molar-refractivity contribution in [2.75, 3.05) is 5.01 Å². The quantitative estimate of drug-likeness (QED) is 0.840. The predicted octanol–water partition coefficient (Wildman–Crippen LogP) is 3.79. The van der Waals surface area contributed by atoms with E-state index in [4.69, 9.17) is 5.11 Å². The highest BCUT2D eigenvalue weighted by atomic mass is 32.1. The zero-order chi connectivity index (χ0) is 18.2. The van der Waals surface area contributed by atoms with Gasteiger partial charge < -0.3 is 5.11 Å². The Morgan fingerprint density at radius 3 is 2.60 bits per heavy atom.